The average molecular weight is 460 g/mol. The lowest BCUT2D eigenvalue weighted by Gasteiger charge is -2.21. The van der Waals surface area contributed by atoms with Crippen molar-refractivity contribution in [2.24, 2.45) is 4.99 Å². The first kappa shape index (κ1) is 20.9. The predicted octanol–water partition coefficient (Wildman–Crippen LogP) is 3.16. The average Bonchev–Trinajstić information content (AvgIpc) is 2.96. The molecule has 24 heavy (non-hydrogen) atoms. The molecule has 0 amide bonds. The van der Waals surface area contributed by atoms with Crippen molar-refractivity contribution in [3.63, 3.8) is 0 Å². The molecule has 2 rings (SSSR count). The Morgan fingerprint density at radius 1 is 1.33 bits per heavy atom. The van der Waals surface area contributed by atoms with Crippen molar-refractivity contribution in [3.8, 4) is 0 Å². The third-order valence-electron chi connectivity index (χ3n) is 3.45. The standard InChI is InChI=1S/C17H24N4OS.HI/c1-4-18-17(21(3)10-16-12-23-13(2)20-16)19-9-14-7-5-6-8-15(14)11-22;/h5-8,12,22H,4,9-11H2,1-3H3,(H,18,19);1H. The van der Waals surface area contributed by atoms with Crippen LogP contribution >= 0.6 is 35.3 Å². The molecule has 0 saturated carbocycles. The van der Waals surface area contributed by atoms with Crippen molar-refractivity contribution in [2.75, 3.05) is 13.6 Å². The van der Waals surface area contributed by atoms with Crippen molar-refractivity contribution in [1.29, 1.82) is 0 Å². The molecule has 0 aliphatic rings. The number of aryl methyl sites for hydroxylation is 1. The molecule has 2 N–H and O–H groups in total. The largest absolute Gasteiger partial charge is 0.392 e. The zero-order valence-corrected chi connectivity index (χ0v) is 17.5. The molecule has 0 radical (unpaired) electrons. The highest BCUT2D eigenvalue weighted by Gasteiger charge is 2.09. The lowest BCUT2D eigenvalue weighted by Crippen LogP contribution is -2.38. The molecule has 0 aliphatic carbocycles. The van der Waals surface area contributed by atoms with E-state index in [9.17, 15) is 5.11 Å². The number of thiazole rings is 1. The molecule has 0 fully saturated rings. The monoisotopic (exact) mass is 460 g/mol. The summed E-state index contributed by atoms with van der Waals surface area (Å²) in [6.45, 7) is 6.17. The number of aromatic nitrogens is 1. The molecule has 5 nitrogen and oxygen atoms in total. The van der Waals surface area contributed by atoms with Gasteiger partial charge in [-0.3, -0.25) is 0 Å². The van der Waals surface area contributed by atoms with Crippen molar-refractivity contribution >= 4 is 41.3 Å². The number of rotatable bonds is 6. The van der Waals surface area contributed by atoms with E-state index in [1.807, 2.05) is 38.2 Å². The molecular weight excluding hydrogens is 435 g/mol. The molecular formula is C17H25IN4OS. The maximum Gasteiger partial charge on any atom is 0.194 e. The molecule has 1 heterocycles. The maximum atomic E-state index is 9.41. The van der Waals surface area contributed by atoms with Crippen LogP contribution in [0.3, 0.4) is 0 Å². The van der Waals surface area contributed by atoms with E-state index in [1.54, 1.807) is 11.3 Å². The van der Waals surface area contributed by atoms with Crippen LogP contribution in [-0.2, 0) is 19.7 Å². The van der Waals surface area contributed by atoms with Gasteiger partial charge in [-0.05, 0) is 25.0 Å². The summed E-state index contributed by atoms with van der Waals surface area (Å²) >= 11 is 1.66. The van der Waals surface area contributed by atoms with Crippen LogP contribution in [0.5, 0.6) is 0 Å². The van der Waals surface area contributed by atoms with Gasteiger partial charge >= 0.3 is 0 Å². The quantitative estimate of drug-likeness (QED) is 0.395. The fourth-order valence-electron chi connectivity index (χ4n) is 2.29. The summed E-state index contributed by atoms with van der Waals surface area (Å²) in [5.41, 5.74) is 3.02. The Kier molecular flexibility index (Phi) is 9.24. The van der Waals surface area contributed by atoms with Gasteiger partial charge in [0.2, 0.25) is 0 Å². The Morgan fingerprint density at radius 3 is 2.62 bits per heavy atom. The predicted molar refractivity (Wildman–Crippen MR) is 111 cm³/mol. The van der Waals surface area contributed by atoms with Gasteiger partial charge in [-0.2, -0.15) is 0 Å². The second-order valence-corrected chi connectivity index (χ2v) is 6.37. The van der Waals surface area contributed by atoms with Gasteiger partial charge in [-0.1, -0.05) is 24.3 Å². The second-order valence-electron chi connectivity index (χ2n) is 5.31. The van der Waals surface area contributed by atoms with Crippen LogP contribution in [0, 0.1) is 6.92 Å². The van der Waals surface area contributed by atoms with Gasteiger partial charge in [0.25, 0.3) is 0 Å². The van der Waals surface area contributed by atoms with E-state index < -0.39 is 0 Å². The topological polar surface area (TPSA) is 60.8 Å². The number of hydrogen-bond donors (Lipinski definition) is 2. The molecule has 1 aromatic carbocycles. The first-order chi connectivity index (χ1) is 11.1. The highest BCUT2D eigenvalue weighted by molar-refractivity contribution is 14.0. The minimum atomic E-state index is 0. The van der Waals surface area contributed by atoms with Crippen molar-refractivity contribution in [1.82, 2.24) is 15.2 Å². The minimum Gasteiger partial charge on any atom is -0.392 e. The molecule has 0 bridgehead atoms. The Labute approximate surface area is 164 Å². The smallest absolute Gasteiger partial charge is 0.194 e. The van der Waals surface area contributed by atoms with Gasteiger partial charge in [0.05, 0.1) is 30.4 Å². The molecule has 2 aromatic rings. The van der Waals surface area contributed by atoms with Gasteiger partial charge < -0.3 is 15.3 Å². The number of aliphatic hydroxyl groups excluding tert-OH is 1. The van der Waals surface area contributed by atoms with E-state index in [0.29, 0.717) is 6.54 Å². The van der Waals surface area contributed by atoms with Crippen LogP contribution in [-0.4, -0.2) is 34.5 Å². The van der Waals surface area contributed by atoms with Crippen LogP contribution in [0.15, 0.2) is 34.6 Å². The summed E-state index contributed by atoms with van der Waals surface area (Å²) in [7, 11) is 2.01. The normalized spacial score (nSPS) is 11.1. The zero-order valence-electron chi connectivity index (χ0n) is 14.3. The van der Waals surface area contributed by atoms with Gasteiger partial charge in [-0.25, -0.2) is 9.98 Å². The molecule has 0 unspecified atom stereocenters. The third-order valence-corrected chi connectivity index (χ3v) is 4.27. The summed E-state index contributed by atoms with van der Waals surface area (Å²) in [6.07, 6.45) is 0. The Balaban J connectivity index is 0.00000288. The zero-order chi connectivity index (χ0) is 16.7. The van der Waals surface area contributed by atoms with Crippen LogP contribution < -0.4 is 5.32 Å². The Morgan fingerprint density at radius 2 is 2.04 bits per heavy atom. The molecule has 0 atom stereocenters. The van der Waals surface area contributed by atoms with Crippen molar-refractivity contribution in [3.05, 3.63) is 51.5 Å². The molecule has 7 heteroatoms. The van der Waals surface area contributed by atoms with Crippen molar-refractivity contribution < 1.29 is 5.11 Å². The van der Waals surface area contributed by atoms with Crippen LogP contribution in [0.1, 0.15) is 28.8 Å². The van der Waals surface area contributed by atoms with E-state index in [-0.39, 0.29) is 30.6 Å². The maximum absolute atomic E-state index is 9.41. The number of nitrogens with zero attached hydrogens (tertiary/aromatic N) is 3. The van der Waals surface area contributed by atoms with Crippen LogP contribution in [0.25, 0.3) is 0 Å². The summed E-state index contributed by atoms with van der Waals surface area (Å²) in [5.74, 6) is 0.839. The number of aliphatic imine (C=N–C) groups is 1. The van der Waals surface area contributed by atoms with E-state index in [0.717, 1.165) is 40.9 Å². The third kappa shape index (κ3) is 6.03. The Bertz CT molecular complexity index is 660. The van der Waals surface area contributed by atoms with E-state index >= 15 is 0 Å². The van der Waals surface area contributed by atoms with Gasteiger partial charge in [0.15, 0.2) is 5.96 Å². The molecule has 0 spiro atoms. The summed E-state index contributed by atoms with van der Waals surface area (Å²) in [6, 6.07) is 7.83. The van der Waals surface area contributed by atoms with E-state index in [4.69, 9.17) is 4.99 Å². The number of nitrogens with one attached hydrogen (secondary N) is 1. The fourth-order valence-corrected chi connectivity index (χ4v) is 2.90. The van der Waals surface area contributed by atoms with Crippen molar-refractivity contribution in [2.45, 2.75) is 33.5 Å². The van der Waals surface area contributed by atoms with E-state index in [1.165, 1.54) is 0 Å². The van der Waals surface area contributed by atoms with E-state index in [2.05, 4.69) is 27.5 Å². The number of hydrogen-bond acceptors (Lipinski definition) is 4. The number of benzene rings is 1. The molecule has 132 valence electrons. The molecule has 0 saturated heterocycles. The van der Waals surface area contributed by atoms with Crippen LogP contribution in [0.2, 0.25) is 0 Å². The summed E-state index contributed by atoms with van der Waals surface area (Å²) in [5, 5.41) is 15.9. The summed E-state index contributed by atoms with van der Waals surface area (Å²) in [4.78, 5) is 11.3. The van der Waals surface area contributed by atoms with Crippen LogP contribution in [0.4, 0.5) is 0 Å². The Hall–Kier alpha value is -1.19. The second kappa shape index (κ2) is 10.6. The first-order valence-electron chi connectivity index (χ1n) is 7.72. The minimum absolute atomic E-state index is 0. The number of aliphatic hydroxyl groups is 1. The SMILES string of the molecule is CCNC(=NCc1ccccc1CO)N(C)Cc1csc(C)n1.I. The number of halogens is 1. The molecule has 1 aromatic heterocycles. The summed E-state index contributed by atoms with van der Waals surface area (Å²) < 4.78 is 0. The highest BCUT2D eigenvalue weighted by atomic mass is 127. The lowest BCUT2D eigenvalue weighted by molar-refractivity contribution is 0.280. The fraction of sp³-hybridized carbons (Fsp3) is 0.412. The molecule has 0 aliphatic heterocycles. The lowest BCUT2D eigenvalue weighted by atomic mass is 10.1. The van der Waals surface area contributed by atoms with Gasteiger partial charge in [-0.15, -0.1) is 35.3 Å². The first-order valence-corrected chi connectivity index (χ1v) is 8.60. The van der Waals surface area contributed by atoms with Gasteiger partial charge in [0, 0.05) is 19.0 Å². The van der Waals surface area contributed by atoms with Gasteiger partial charge in [0.1, 0.15) is 0 Å². The number of guanidine groups is 1. The highest BCUT2D eigenvalue weighted by Crippen LogP contribution is 2.12.